The second kappa shape index (κ2) is 9.08. The lowest BCUT2D eigenvalue weighted by molar-refractivity contribution is -0.138. The highest BCUT2D eigenvalue weighted by atomic mass is 35.5. The monoisotopic (exact) mass is 438 g/mol. The summed E-state index contributed by atoms with van der Waals surface area (Å²) in [6.45, 7) is 2.64. The van der Waals surface area contributed by atoms with Gasteiger partial charge in [-0.1, -0.05) is 48.9 Å². The normalized spacial score (nSPS) is 19.0. The minimum atomic E-state index is -4.47. The van der Waals surface area contributed by atoms with Crippen molar-refractivity contribution in [3.05, 3.63) is 70.2 Å². The average molecular weight is 439 g/mol. The van der Waals surface area contributed by atoms with Crippen LogP contribution in [0.2, 0.25) is 5.02 Å². The lowest BCUT2D eigenvalue weighted by Crippen LogP contribution is -2.46. The first-order valence-electron chi connectivity index (χ1n) is 9.61. The van der Waals surface area contributed by atoms with E-state index >= 15 is 0 Å². The van der Waals surface area contributed by atoms with Gasteiger partial charge in [-0.05, 0) is 41.7 Å². The van der Waals surface area contributed by atoms with Crippen molar-refractivity contribution >= 4 is 23.4 Å². The summed E-state index contributed by atoms with van der Waals surface area (Å²) in [5.41, 5.74) is 0.357. The molecule has 2 aromatic carbocycles. The molecule has 0 aliphatic carbocycles. The molecule has 1 saturated heterocycles. The number of nitrogens with one attached hydrogen (secondary N) is 1. The summed E-state index contributed by atoms with van der Waals surface area (Å²) < 4.78 is 38.7. The molecular weight excluding hydrogens is 417 g/mol. The number of benzene rings is 2. The Morgan fingerprint density at radius 2 is 1.83 bits per heavy atom. The van der Waals surface area contributed by atoms with Crippen LogP contribution in [0.5, 0.6) is 0 Å². The van der Waals surface area contributed by atoms with Crippen LogP contribution in [-0.4, -0.2) is 29.3 Å². The molecule has 4 nitrogen and oxygen atoms in total. The highest BCUT2D eigenvalue weighted by molar-refractivity contribution is 6.30. The molecule has 0 bridgehead atoms. The van der Waals surface area contributed by atoms with Gasteiger partial charge in [0.05, 0.1) is 12.0 Å². The van der Waals surface area contributed by atoms with Crippen molar-refractivity contribution in [2.45, 2.75) is 38.5 Å². The Balaban J connectivity index is 1.65. The van der Waals surface area contributed by atoms with Gasteiger partial charge in [-0.3, -0.25) is 9.59 Å². The van der Waals surface area contributed by atoms with Gasteiger partial charge in [0, 0.05) is 18.1 Å². The number of amides is 2. The van der Waals surface area contributed by atoms with Crippen LogP contribution in [0, 0.1) is 5.92 Å². The van der Waals surface area contributed by atoms with Gasteiger partial charge in [0.15, 0.2) is 0 Å². The molecule has 0 aromatic heterocycles. The Morgan fingerprint density at radius 3 is 2.50 bits per heavy atom. The van der Waals surface area contributed by atoms with Gasteiger partial charge >= 0.3 is 6.18 Å². The van der Waals surface area contributed by atoms with Crippen molar-refractivity contribution in [2.75, 3.05) is 6.54 Å². The quantitative estimate of drug-likeness (QED) is 0.749. The van der Waals surface area contributed by atoms with Crippen LogP contribution >= 0.6 is 11.6 Å². The molecule has 2 amide bonds. The average Bonchev–Trinajstić information content (AvgIpc) is 3.09. The molecule has 0 radical (unpaired) electrons. The minimum Gasteiger partial charge on any atom is -0.350 e. The van der Waals surface area contributed by atoms with Crippen LogP contribution < -0.4 is 5.32 Å². The van der Waals surface area contributed by atoms with Crippen molar-refractivity contribution in [2.24, 2.45) is 5.92 Å². The fourth-order valence-electron chi connectivity index (χ4n) is 3.61. The van der Waals surface area contributed by atoms with E-state index in [0.29, 0.717) is 24.5 Å². The number of carbonyl (C=O) groups is 2. The summed E-state index contributed by atoms with van der Waals surface area (Å²) in [4.78, 5) is 27.0. The fraction of sp³-hybridized carbons (Fsp3) is 0.364. The van der Waals surface area contributed by atoms with Crippen LogP contribution in [0.1, 0.15) is 30.0 Å². The largest absolute Gasteiger partial charge is 0.416 e. The van der Waals surface area contributed by atoms with Crippen molar-refractivity contribution in [1.82, 2.24) is 10.2 Å². The summed E-state index contributed by atoms with van der Waals surface area (Å²) in [7, 11) is 0. The van der Waals surface area contributed by atoms with Gasteiger partial charge in [-0.15, -0.1) is 0 Å². The predicted octanol–water partition coefficient (Wildman–Crippen LogP) is 4.45. The van der Waals surface area contributed by atoms with Crippen molar-refractivity contribution in [3.63, 3.8) is 0 Å². The fourth-order valence-corrected chi connectivity index (χ4v) is 3.74. The number of hydrogen-bond donors (Lipinski definition) is 1. The lowest BCUT2D eigenvalue weighted by Gasteiger charge is -2.24. The van der Waals surface area contributed by atoms with Gasteiger partial charge in [-0.25, -0.2) is 0 Å². The SMILES string of the molecule is C[C@@H]1C[C@@H](C(=O)NCc2ccc(Cl)cc2)N(C(=O)Cc2cccc(C(F)(F)F)c2)C1. The third kappa shape index (κ3) is 5.53. The van der Waals surface area contributed by atoms with E-state index in [1.807, 2.05) is 6.92 Å². The minimum absolute atomic E-state index is 0.127. The number of nitrogens with zero attached hydrogens (tertiary/aromatic N) is 1. The first-order valence-corrected chi connectivity index (χ1v) is 9.99. The molecule has 1 fully saturated rings. The Bertz CT molecular complexity index is 915. The number of likely N-dealkylation sites (tertiary alicyclic amines) is 1. The van der Waals surface area contributed by atoms with Crippen molar-refractivity contribution in [1.29, 1.82) is 0 Å². The molecule has 8 heteroatoms. The topological polar surface area (TPSA) is 49.4 Å². The zero-order chi connectivity index (χ0) is 21.9. The predicted molar refractivity (Wildman–Crippen MR) is 108 cm³/mol. The van der Waals surface area contributed by atoms with Crippen LogP contribution in [0.15, 0.2) is 48.5 Å². The van der Waals surface area contributed by atoms with E-state index in [0.717, 1.165) is 17.7 Å². The van der Waals surface area contributed by atoms with E-state index in [2.05, 4.69) is 5.32 Å². The molecule has 2 aromatic rings. The molecule has 0 spiro atoms. The third-order valence-electron chi connectivity index (χ3n) is 5.12. The van der Waals surface area contributed by atoms with Crippen LogP contribution in [0.25, 0.3) is 0 Å². The van der Waals surface area contributed by atoms with Crippen molar-refractivity contribution in [3.8, 4) is 0 Å². The van der Waals surface area contributed by atoms with Crippen LogP contribution in [0.4, 0.5) is 13.2 Å². The molecule has 0 unspecified atom stereocenters. The van der Waals surface area contributed by atoms with Crippen LogP contribution in [-0.2, 0) is 28.7 Å². The molecule has 1 aliphatic rings. The summed E-state index contributed by atoms with van der Waals surface area (Å²) >= 11 is 5.86. The summed E-state index contributed by atoms with van der Waals surface area (Å²) in [5.74, 6) is -0.501. The van der Waals surface area contributed by atoms with E-state index in [1.165, 1.54) is 17.0 Å². The first kappa shape index (κ1) is 22.2. The van der Waals surface area contributed by atoms with Crippen molar-refractivity contribution < 1.29 is 22.8 Å². The van der Waals surface area contributed by atoms with Gasteiger partial charge in [0.2, 0.25) is 11.8 Å². The van der Waals surface area contributed by atoms with Crippen LogP contribution in [0.3, 0.4) is 0 Å². The number of hydrogen-bond acceptors (Lipinski definition) is 2. The number of alkyl halides is 3. The molecule has 0 saturated carbocycles. The standard InChI is InChI=1S/C22H22ClF3N2O2/c1-14-9-19(21(30)27-12-15-5-7-18(23)8-6-15)28(13-14)20(29)11-16-3-2-4-17(10-16)22(24,25)26/h2-8,10,14,19H,9,11-13H2,1H3,(H,27,30)/t14-,19+/m1/s1. The Labute approximate surface area is 178 Å². The van der Waals surface area contributed by atoms with Gasteiger partial charge < -0.3 is 10.2 Å². The Kier molecular flexibility index (Phi) is 6.71. The van der Waals surface area contributed by atoms with E-state index in [4.69, 9.17) is 11.6 Å². The summed E-state index contributed by atoms with van der Waals surface area (Å²) in [5, 5.41) is 3.43. The molecule has 1 aliphatic heterocycles. The van der Waals surface area contributed by atoms with E-state index in [1.54, 1.807) is 24.3 Å². The van der Waals surface area contributed by atoms with E-state index < -0.39 is 17.8 Å². The molecule has 1 heterocycles. The zero-order valence-electron chi connectivity index (χ0n) is 16.4. The maximum Gasteiger partial charge on any atom is 0.416 e. The third-order valence-corrected chi connectivity index (χ3v) is 5.37. The van der Waals surface area contributed by atoms with E-state index in [-0.39, 0.29) is 29.7 Å². The molecule has 2 atom stereocenters. The second-order valence-electron chi connectivity index (χ2n) is 7.62. The molecule has 1 N–H and O–H groups in total. The molecule has 160 valence electrons. The second-order valence-corrected chi connectivity index (χ2v) is 8.06. The Morgan fingerprint density at radius 1 is 1.13 bits per heavy atom. The lowest BCUT2D eigenvalue weighted by atomic mass is 10.1. The highest BCUT2D eigenvalue weighted by Gasteiger charge is 2.37. The summed E-state index contributed by atoms with van der Waals surface area (Å²) in [6, 6.07) is 11.2. The Hall–Kier alpha value is -2.54. The zero-order valence-corrected chi connectivity index (χ0v) is 17.1. The van der Waals surface area contributed by atoms with E-state index in [9.17, 15) is 22.8 Å². The first-order chi connectivity index (χ1) is 14.1. The molecule has 30 heavy (non-hydrogen) atoms. The summed E-state index contributed by atoms with van der Waals surface area (Å²) in [6.07, 6.45) is -4.14. The van der Waals surface area contributed by atoms with Gasteiger partial charge in [-0.2, -0.15) is 13.2 Å². The maximum atomic E-state index is 12.9. The number of rotatable bonds is 5. The highest BCUT2D eigenvalue weighted by Crippen LogP contribution is 2.30. The smallest absolute Gasteiger partial charge is 0.350 e. The van der Waals surface area contributed by atoms with Gasteiger partial charge in [0.1, 0.15) is 6.04 Å². The molecule has 3 rings (SSSR count). The molecular formula is C22H22ClF3N2O2. The number of carbonyl (C=O) groups excluding carboxylic acids is 2. The van der Waals surface area contributed by atoms with Gasteiger partial charge in [0.25, 0.3) is 0 Å². The number of halogens is 4. The maximum absolute atomic E-state index is 12.9.